The Hall–Kier alpha value is -1.52. The lowest BCUT2D eigenvalue weighted by Gasteiger charge is -2.30. The van der Waals surface area contributed by atoms with Gasteiger partial charge in [0.25, 0.3) is 0 Å². The molecule has 1 aliphatic heterocycles. The molecule has 2 aromatic rings. The van der Waals surface area contributed by atoms with E-state index in [0.29, 0.717) is 25.2 Å². The zero-order valence-corrected chi connectivity index (χ0v) is 12.5. The number of morpholine rings is 1. The first-order valence-corrected chi connectivity index (χ1v) is 7.42. The van der Waals surface area contributed by atoms with E-state index in [0.717, 1.165) is 23.1 Å². The summed E-state index contributed by atoms with van der Waals surface area (Å²) < 4.78 is 20.5. The maximum atomic E-state index is 15.1. The van der Waals surface area contributed by atoms with Crippen molar-refractivity contribution in [3.05, 3.63) is 41.6 Å². The molecule has 112 valence electrons. The Labute approximate surface area is 124 Å². The van der Waals surface area contributed by atoms with E-state index in [4.69, 9.17) is 4.74 Å². The van der Waals surface area contributed by atoms with Gasteiger partial charge in [-0.05, 0) is 37.6 Å². The van der Waals surface area contributed by atoms with Crippen LogP contribution in [0.5, 0.6) is 0 Å². The molecule has 3 rings (SSSR count). The summed E-state index contributed by atoms with van der Waals surface area (Å²) in [4.78, 5) is 4.46. The van der Waals surface area contributed by atoms with E-state index in [-0.39, 0.29) is 6.04 Å². The lowest BCUT2D eigenvalue weighted by molar-refractivity contribution is 0.0475. The first-order valence-electron chi connectivity index (χ1n) is 7.42. The van der Waals surface area contributed by atoms with Crippen molar-refractivity contribution >= 4 is 10.9 Å². The number of benzene rings is 1. The molecule has 0 radical (unpaired) electrons. The number of aromatic nitrogens is 1. The van der Waals surface area contributed by atoms with E-state index < -0.39 is 5.67 Å². The van der Waals surface area contributed by atoms with Gasteiger partial charge in [-0.1, -0.05) is 12.1 Å². The standard InChI is InChI=1S/C17H21FN2O/c1-12-3-4-13-9-14(5-6-16(13)20-12)17(2,18)10-15-11-21-8-7-19-15/h3-6,9,15,19H,7-8,10-11H2,1-2H3. The Morgan fingerprint density at radius 1 is 1.38 bits per heavy atom. The maximum absolute atomic E-state index is 15.1. The fraction of sp³-hybridized carbons (Fsp3) is 0.471. The summed E-state index contributed by atoms with van der Waals surface area (Å²) in [7, 11) is 0. The van der Waals surface area contributed by atoms with Crippen LogP contribution in [-0.2, 0) is 10.4 Å². The third-order valence-electron chi connectivity index (χ3n) is 4.06. The molecule has 0 amide bonds. The van der Waals surface area contributed by atoms with Gasteiger partial charge < -0.3 is 10.1 Å². The lowest BCUT2D eigenvalue weighted by atomic mass is 9.89. The van der Waals surface area contributed by atoms with Crippen molar-refractivity contribution in [2.24, 2.45) is 0 Å². The van der Waals surface area contributed by atoms with Gasteiger partial charge >= 0.3 is 0 Å². The first kappa shape index (κ1) is 14.4. The molecule has 1 aromatic heterocycles. The van der Waals surface area contributed by atoms with Gasteiger partial charge in [0.05, 0.1) is 18.7 Å². The molecule has 4 heteroatoms. The monoisotopic (exact) mass is 288 g/mol. The summed E-state index contributed by atoms with van der Waals surface area (Å²) in [6.45, 7) is 5.68. The van der Waals surface area contributed by atoms with Crippen LogP contribution in [0.15, 0.2) is 30.3 Å². The molecular formula is C17H21FN2O. The van der Waals surface area contributed by atoms with Crippen molar-refractivity contribution in [2.75, 3.05) is 19.8 Å². The van der Waals surface area contributed by atoms with Gasteiger partial charge in [-0.15, -0.1) is 0 Å². The number of hydrogen-bond acceptors (Lipinski definition) is 3. The SMILES string of the molecule is Cc1ccc2cc(C(C)(F)CC3COCCN3)ccc2n1. The number of halogens is 1. The van der Waals surface area contributed by atoms with Gasteiger partial charge in [0.1, 0.15) is 5.67 Å². The van der Waals surface area contributed by atoms with E-state index in [2.05, 4.69) is 10.3 Å². The Morgan fingerprint density at radius 2 is 2.24 bits per heavy atom. The third-order valence-corrected chi connectivity index (χ3v) is 4.06. The number of rotatable bonds is 3. The van der Waals surface area contributed by atoms with Crippen LogP contribution in [0.2, 0.25) is 0 Å². The molecule has 2 atom stereocenters. The second-order valence-corrected chi connectivity index (χ2v) is 5.99. The fourth-order valence-corrected chi connectivity index (χ4v) is 2.88. The number of pyridine rings is 1. The molecule has 1 fully saturated rings. The Bertz CT molecular complexity index is 636. The number of fused-ring (bicyclic) bond motifs is 1. The van der Waals surface area contributed by atoms with Crippen LogP contribution < -0.4 is 5.32 Å². The van der Waals surface area contributed by atoms with Crippen molar-refractivity contribution in [3.63, 3.8) is 0 Å². The molecule has 0 spiro atoms. The van der Waals surface area contributed by atoms with E-state index in [9.17, 15) is 0 Å². The summed E-state index contributed by atoms with van der Waals surface area (Å²) in [5.41, 5.74) is 1.21. The van der Waals surface area contributed by atoms with Gasteiger partial charge in [0, 0.05) is 30.1 Å². The van der Waals surface area contributed by atoms with Gasteiger partial charge in [-0.3, -0.25) is 4.98 Å². The molecule has 0 aliphatic carbocycles. The van der Waals surface area contributed by atoms with Crippen molar-refractivity contribution in [1.29, 1.82) is 0 Å². The number of hydrogen-bond donors (Lipinski definition) is 1. The van der Waals surface area contributed by atoms with Crippen LogP contribution in [0.3, 0.4) is 0 Å². The molecule has 3 nitrogen and oxygen atoms in total. The van der Waals surface area contributed by atoms with Gasteiger partial charge in [0.2, 0.25) is 0 Å². The second kappa shape index (κ2) is 5.70. The molecule has 2 unspecified atom stereocenters. The van der Waals surface area contributed by atoms with Crippen molar-refractivity contribution in [1.82, 2.24) is 10.3 Å². The van der Waals surface area contributed by atoms with E-state index in [1.807, 2.05) is 37.3 Å². The predicted molar refractivity (Wildman–Crippen MR) is 82.2 cm³/mol. The highest BCUT2D eigenvalue weighted by Crippen LogP contribution is 2.32. The molecule has 21 heavy (non-hydrogen) atoms. The molecule has 1 aliphatic rings. The van der Waals surface area contributed by atoms with Crippen molar-refractivity contribution < 1.29 is 9.13 Å². The molecule has 1 N–H and O–H groups in total. The molecule has 1 saturated heterocycles. The van der Waals surface area contributed by atoms with Gasteiger partial charge in [0.15, 0.2) is 0 Å². The minimum absolute atomic E-state index is 0.0700. The number of nitrogens with zero attached hydrogens (tertiary/aromatic N) is 1. The summed E-state index contributed by atoms with van der Waals surface area (Å²) in [5.74, 6) is 0. The number of ether oxygens (including phenoxy) is 1. The fourth-order valence-electron chi connectivity index (χ4n) is 2.88. The summed E-state index contributed by atoms with van der Waals surface area (Å²) in [6.07, 6.45) is 0.414. The van der Waals surface area contributed by atoms with Crippen molar-refractivity contribution in [2.45, 2.75) is 32.0 Å². The summed E-state index contributed by atoms with van der Waals surface area (Å²) >= 11 is 0. The maximum Gasteiger partial charge on any atom is 0.134 e. The number of aryl methyl sites for hydroxylation is 1. The smallest absolute Gasteiger partial charge is 0.134 e. The molecule has 2 heterocycles. The Morgan fingerprint density at radius 3 is 3.00 bits per heavy atom. The summed E-state index contributed by atoms with van der Waals surface area (Å²) in [6, 6.07) is 9.68. The quantitative estimate of drug-likeness (QED) is 0.942. The highest BCUT2D eigenvalue weighted by atomic mass is 19.1. The van der Waals surface area contributed by atoms with Crippen LogP contribution in [0.4, 0.5) is 4.39 Å². The molecule has 1 aromatic carbocycles. The lowest BCUT2D eigenvalue weighted by Crippen LogP contribution is -2.44. The van der Waals surface area contributed by atoms with E-state index in [1.165, 1.54) is 0 Å². The van der Waals surface area contributed by atoms with E-state index >= 15 is 4.39 Å². The van der Waals surface area contributed by atoms with Crippen LogP contribution in [0, 0.1) is 6.92 Å². The van der Waals surface area contributed by atoms with Crippen molar-refractivity contribution in [3.8, 4) is 0 Å². The Kier molecular flexibility index (Phi) is 3.91. The van der Waals surface area contributed by atoms with Gasteiger partial charge in [-0.25, -0.2) is 4.39 Å². The van der Waals surface area contributed by atoms with Crippen LogP contribution in [0.25, 0.3) is 10.9 Å². The number of nitrogens with one attached hydrogen (secondary N) is 1. The average molecular weight is 288 g/mol. The third kappa shape index (κ3) is 3.22. The van der Waals surface area contributed by atoms with Gasteiger partial charge in [-0.2, -0.15) is 0 Å². The first-order chi connectivity index (χ1) is 10.0. The zero-order chi connectivity index (χ0) is 14.9. The minimum Gasteiger partial charge on any atom is -0.379 e. The zero-order valence-electron chi connectivity index (χ0n) is 12.5. The molecule has 0 bridgehead atoms. The summed E-state index contributed by atoms with van der Waals surface area (Å²) in [5, 5.41) is 4.29. The number of alkyl halides is 1. The average Bonchev–Trinajstić information content (AvgIpc) is 2.47. The van der Waals surface area contributed by atoms with Crippen LogP contribution in [0.1, 0.15) is 24.6 Å². The normalized spacial score (nSPS) is 22.1. The topological polar surface area (TPSA) is 34.1 Å². The highest BCUT2D eigenvalue weighted by molar-refractivity contribution is 5.79. The van der Waals surface area contributed by atoms with Crippen LogP contribution >= 0.6 is 0 Å². The van der Waals surface area contributed by atoms with Crippen LogP contribution in [-0.4, -0.2) is 30.8 Å². The Balaban J connectivity index is 1.85. The second-order valence-electron chi connectivity index (χ2n) is 5.99. The minimum atomic E-state index is -1.38. The highest BCUT2D eigenvalue weighted by Gasteiger charge is 2.31. The molecular weight excluding hydrogens is 267 g/mol. The predicted octanol–water partition coefficient (Wildman–Crippen LogP) is 3.11. The largest absolute Gasteiger partial charge is 0.379 e. The van der Waals surface area contributed by atoms with E-state index in [1.54, 1.807) is 6.92 Å². The molecule has 0 saturated carbocycles.